The molecule has 3 rings (SSSR count). The first-order valence-corrected chi connectivity index (χ1v) is 8.95. The second-order valence-electron chi connectivity index (χ2n) is 6.10. The maximum atomic E-state index is 13.9. The first kappa shape index (κ1) is 18.8. The largest absolute Gasteiger partial charge is 0.336 e. The zero-order valence-electron chi connectivity index (χ0n) is 13.9. The van der Waals surface area contributed by atoms with Crippen LogP contribution in [0.25, 0.3) is 0 Å². The highest BCUT2D eigenvalue weighted by molar-refractivity contribution is 6.33. The number of rotatable bonds is 4. The third-order valence-electron chi connectivity index (χ3n) is 4.37. The van der Waals surface area contributed by atoms with Crippen LogP contribution in [0, 0.1) is 5.82 Å². The number of carbonyl (C=O) groups excluding carboxylic acids is 2. The maximum absolute atomic E-state index is 13.9. The number of ketones is 1. The van der Waals surface area contributed by atoms with Gasteiger partial charge in [0.15, 0.2) is 5.78 Å². The predicted octanol–water partition coefficient (Wildman–Crippen LogP) is 3.77. The Balaban J connectivity index is 1.58. The van der Waals surface area contributed by atoms with Gasteiger partial charge in [0.2, 0.25) is 0 Å². The summed E-state index contributed by atoms with van der Waals surface area (Å²) < 4.78 is 13.9. The number of piperazine rings is 1. The minimum Gasteiger partial charge on any atom is -0.336 e. The molecule has 1 aliphatic rings. The Hall–Kier alpha value is -1.95. The number of amides is 1. The number of Topliss-reactive ketones (excluding diaryl/α,β-unsaturated/α-hetero) is 1. The smallest absolute Gasteiger partial charge is 0.258 e. The average molecular weight is 395 g/mol. The van der Waals surface area contributed by atoms with E-state index in [0.29, 0.717) is 36.8 Å². The summed E-state index contributed by atoms with van der Waals surface area (Å²) in [4.78, 5) is 28.4. The van der Waals surface area contributed by atoms with Crippen LogP contribution >= 0.6 is 23.2 Å². The van der Waals surface area contributed by atoms with Gasteiger partial charge in [-0.15, -0.1) is 0 Å². The van der Waals surface area contributed by atoms with Crippen molar-refractivity contribution in [1.82, 2.24) is 9.80 Å². The topological polar surface area (TPSA) is 40.6 Å². The third kappa shape index (κ3) is 4.23. The number of carbonyl (C=O) groups is 2. The molecule has 1 heterocycles. The molecule has 0 spiro atoms. The van der Waals surface area contributed by atoms with Crippen molar-refractivity contribution in [2.75, 3.05) is 32.7 Å². The molecule has 0 bridgehead atoms. The number of benzene rings is 2. The number of nitrogens with zero attached hydrogens (tertiary/aromatic N) is 2. The van der Waals surface area contributed by atoms with Gasteiger partial charge in [0, 0.05) is 36.8 Å². The highest BCUT2D eigenvalue weighted by Gasteiger charge is 2.26. The Kier molecular flexibility index (Phi) is 5.91. The van der Waals surface area contributed by atoms with Gasteiger partial charge in [-0.25, -0.2) is 4.39 Å². The van der Waals surface area contributed by atoms with Crippen molar-refractivity contribution in [1.29, 1.82) is 0 Å². The van der Waals surface area contributed by atoms with Crippen LogP contribution in [-0.2, 0) is 0 Å². The number of hydrogen-bond acceptors (Lipinski definition) is 3. The minimum absolute atomic E-state index is 0.00130. The predicted molar refractivity (Wildman–Crippen MR) is 99.5 cm³/mol. The molecule has 2 aromatic rings. The molecule has 4 nitrogen and oxygen atoms in total. The van der Waals surface area contributed by atoms with Gasteiger partial charge in [0.1, 0.15) is 5.82 Å². The van der Waals surface area contributed by atoms with Crippen LogP contribution in [0.1, 0.15) is 20.7 Å². The van der Waals surface area contributed by atoms with Gasteiger partial charge in [-0.1, -0.05) is 29.3 Å². The van der Waals surface area contributed by atoms with Gasteiger partial charge in [0.25, 0.3) is 5.91 Å². The van der Waals surface area contributed by atoms with Gasteiger partial charge >= 0.3 is 0 Å². The van der Waals surface area contributed by atoms with Crippen molar-refractivity contribution < 1.29 is 14.0 Å². The molecule has 0 N–H and O–H groups in total. The highest BCUT2D eigenvalue weighted by Crippen LogP contribution is 2.21. The molecule has 136 valence electrons. The van der Waals surface area contributed by atoms with Crippen molar-refractivity contribution in [3.63, 3.8) is 0 Å². The van der Waals surface area contributed by atoms with E-state index in [1.54, 1.807) is 29.2 Å². The molecule has 0 atom stereocenters. The zero-order valence-corrected chi connectivity index (χ0v) is 15.4. The monoisotopic (exact) mass is 394 g/mol. The molecular weight excluding hydrogens is 378 g/mol. The molecule has 0 unspecified atom stereocenters. The highest BCUT2D eigenvalue weighted by atomic mass is 35.5. The lowest BCUT2D eigenvalue weighted by Crippen LogP contribution is -2.50. The summed E-state index contributed by atoms with van der Waals surface area (Å²) in [5.41, 5.74) is 0.505. The standard InChI is InChI=1S/C19H17Cl2FN2O2/c20-14-6-4-13(5-7-14)17(25)12-23-8-10-24(11-9-23)19(26)18-15(21)2-1-3-16(18)22/h1-7H,8-12H2. The summed E-state index contributed by atoms with van der Waals surface area (Å²) in [6, 6.07) is 11.0. The lowest BCUT2D eigenvalue weighted by molar-refractivity contribution is 0.0620. The molecule has 7 heteroatoms. The normalized spacial score (nSPS) is 15.1. The Bertz CT molecular complexity index is 799. The molecule has 1 fully saturated rings. The fraction of sp³-hybridized carbons (Fsp3) is 0.263. The summed E-state index contributed by atoms with van der Waals surface area (Å²) in [7, 11) is 0. The molecule has 1 saturated heterocycles. The van der Waals surface area contributed by atoms with Crippen molar-refractivity contribution in [2.24, 2.45) is 0 Å². The summed E-state index contributed by atoms with van der Waals surface area (Å²) in [5, 5.41) is 0.691. The summed E-state index contributed by atoms with van der Waals surface area (Å²) >= 11 is 11.8. The van der Waals surface area contributed by atoms with Gasteiger partial charge in [-0.05, 0) is 36.4 Å². The fourth-order valence-corrected chi connectivity index (χ4v) is 3.27. The molecule has 0 saturated carbocycles. The van der Waals surface area contributed by atoms with E-state index in [1.807, 2.05) is 4.90 Å². The Morgan fingerprint density at radius 1 is 0.962 bits per heavy atom. The SMILES string of the molecule is O=C(CN1CCN(C(=O)c2c(F)cccc2Cl)CC1)c1ccc(Cl)cc1. The van der Waals surface area contributed by atoms with Gasteiger partial charge in [-0.2, -0.15) is 0 Å². The van der Waals surface area contributed by atoms with Crippen LogP contribution in [0.3, 0.4) is 0 Å². The van der Waals surface area contributed by atoms with Gasteiger partial charge < -0.3 is 4.90 Å². The van der Waals surface area contributed by atoms with Crippen LogP contribution in [0.15, 0.2) is 42.5 Å². The molecule has 1 amide bonds. The third-order valence-corrected chi connectivity index (χ3v) is 4.94. The van der Waals surface area contributed by atoms with Crippen molar-refractivity contribution in [3.05, 3.63) is 69.5 Å². The quantitative estimate of drug-likeness (QED) is 0.740. The Morgan fingerprint density at radius 3 is 2.23 bits per heavy atom. The molecule has 1 aliphatic heterocycles. The van der Waals surface area contributed by atoms with E-state index in [4.69, 9.17) is 23.2 Å². The number of hydrogen-bond donors (Lipinski definition) is 0. The second kappa shape index (κ2) is 8.16. The van der Waals surface area contributed by atoms with E-state index in [-0.39, 0.29) is 22.9 Å². The van der Waals surface area contributed by atoms with E-state index in [9.17, 15) is 14.0 Å². The molecule has 0 radical (unpaired) electrons. The molecule has 26 heavy (non-hydrogen) atoms. The molecule has 0 aliphatic carbocycles. The molecule has 2 aromatic carbocycles. The first-order valence-electron chi connectivity index (χ1n) is 8.20. The molecule has 0 aromatic heterocycles. The zero-order chi connectivity index (χ0) is 18.7. The van der Waals surface area contributed by atoms with Crippen LogP contribution in [-0.4, -0.2) is 54.2 Å². The average Bonchev–Trinajstić information content (AvgIpc) is 2.62. The minimum atomic E-state index is -0.622. The van der Waals surface area contributed by atoms with Gasteiger partial charge in [0.05, 0.1) is 17.1 Å². The van der Waals surface area contributed by atoms with Crippen LogP contribution in [0.5, 0.6) is 0 Å². The van der Waals surface area contributed by atoms with Crippen molar-refractivity contribution in [3.8, 4) is 0 Å². The van der Waals surface area contributed by atoms with E-state index < -0.39 is 11.7 Å². The maximum Gasteiger partial charge on any atom is 0.258 e. The van der Waals surface area contributed by atoms with Crippen LogP contribution < -0.4 is 0 Å². The second-order valence-corrected chi connectivity index (χ2v) is 6.94. The fourth-order valence-electron chi connectivity index (χ4n) is 2.90. The van der Waals surface area contributed by atoms with Gasteiger partial charge in [-0.3, -0.25) is 14.5 Å². The Morgan fingerprint density at radius 2 is 1.62 bits per heavy atom. The van der Waals surface area contributed by atoms with Crippen molar-refractivity contribution in [2.45, 2.75) is 0 Å². The summed E-state index contributed by atoms with van der Waals surface area (Å²) in [6.07, 6.45) is 0. The van der Waals surface area contributed by atoms with E-state index in [0.717, 1.165) is 0 Å². The van der Waals surface area contributed by atoms with Crippen LogP contribution in [0.2, 0.25) is 10.0 Å². The first-order chi connectivity index (χ1) is 12.5. The Labute approximate surface area is 161 Å². The lowest BCUT2D eigenvalue weighted by atomic mass is 10.1. The van der Waals surface area contributed by atoms with E-state index in [2.05, 4.69) is 0 Å². The van der Waals surface area contributed by atoms with E-state index in [1.165, 1.54) is 18.2 Å². The van der Waals surface area contributed by atoms with Crippen molar-refractivity contribution >= 4 is 34.9 Å². The summed E-state index contributed by atoms with van der Waals surface area (Å²) in [5.74, 6) is -1.04. The molecular formula is C19H17Cl2FN2O2. The lowest BCUT2D eigenvalue weighted by Gasteiger charge is -2.34. The number of halogens is 3. The summed E-state index contributed by atoms with van der Waals surface area (Å²) in [6.45, 7) is 2.17. The van der Waals surface area contributed by atoms with Crippen LogP contribution in [0.4, 0.5) is 4.39 Å². The van der Waals surface area contributed by atoms with E-state index >= 15 is 0 Å².